The third-order valence-corrected chi connectivity index (χ3v) is 6.37. The number of aromatic nitrogens is 1. The van der Waals surface area contributed by atoms with Crippen LogP contribution in [0.3, 0.4) is 0 Å². The van der Waals surface area contributed by atoms with Gasteiger partial charge >= 0.3 is 0 Å². The Labute approximate surface area is 163 Å². The molecule has 4 aromatic rings. The molecule has 3 aromatic carbocycles. The van der Waals surface area contributed by atoms with Gasteiger partial charge in [0.15, 0.2) is 0 Å². The highest BCUT2D eigenvalue weighted by Crippen LogP contribution is 2.33. The van der Waals surface area contributed by atoms with Crippen molar-refractivity contribution in [3.05, 3.63) is 78.4 Å². The number of hydrogen-bond acceptors (Lipinski definition) is 3. The first-order valence-electron chi connectivity index (χ1n) is 9.43. The number of aliphatic hydroxyl groups is 1. The third kappa shape index (κ3) is 2.99. The number of aryl methyl sites for hydroxylation is 1. The summed E-state index contributed by atoms with van der Waals surface area (Å²) in [5.74, 6) is 1.07. The van der Waals surface area contributed by atoms with Gasteiger partial charge in [-0.05, 0) is 42.1 Å². The van der Waals surface area contributed by atoms with Crippen LogP contribution in [0.15, 0.2) is 72.8 Å². The molecule has 1 aliphatic rings. The fourth-order valence-electron chi connectivity index (χ4n) is 4.11. The quantitative estimate of drug-likeness (QED) is 0.517. The van der Waals surface area contributed by atoms with E-state index in [2.05, 4.69) is 81.7 Å². The van der Waals surface area contributed by atoms with E-state index in [0.717, 1.165) is 12.2 Å². The molecule has 0 bridgehead atoms. The molecule has 1 N–H and O–H groups in total. The summed E-state index contributed by atoms with van der Waals surface area (Å²) in [6, 6.07) is 25.5. The van der Waals surface area contributed by atoms with Crippen molar-refractivity contribution in [2.45, 2.75) is 19.1 Å². The van der Waals surface area contributed by atoms with Crippen LogP contribution in [0.4, 0.5) is 5.69 Å². The second-order valence-corrected chi connectivity index (χ2v) is 8.18. The highest BCUT2D eigenvalue weighted by atomic mass is 32.2. The Kier molecular flexibility index (Phi) is 4.30. The molecule has 27 heavy (non-hydrogen) atoms. The van der Waals surface area contributed by atoms with Crippen LogP contribution in [0.1, 0.15) is 5.56 Å². The Bertz CT molecular complexity index is 1050. The number of para-hydroxylation sites is 3. The average molecular weight is 375 g/mol. The third-order valence-electron chi connectivity index (χ3n) is 5.33. The standard InChI is InChI=1S/C23H22N2OS/c26-18(16-25-21-10-4-1-7-17(21)13-14-27-25)15-24-22-11-5-2-8-19(22)20-9-3-6-12-23(20)24/h1-12,18,26H,13-16H2. The molecule has 0 aliphatic carbocycles. The Morgan fingerprint density at radius 3 is 2.19 bits per heavy atom. The van der Waals surface area contributed by atoms with Crippen LogP contribution in [0, 0.1) is 0 Å². The van der Waals surface area contributed by atoms with E-state index < -0.39 is 6.10 Å². The van der Waals surface area contributed by atoms with E-state index in [1.54, 1.807) is 0 Å². The fourth-order valence-corrected chi connectivity index (χ4v) is 5.24. The summed E-state index contributed by atoms with van der Waals surface area (Å²) in [5.41, 5.74) is 4.99. The zero-order valence-corrected chi connectivity index (χ0v) is 15.9. The van der Waals surface area contributed by atoms with E-state index in [-0.39, 0.29) is 0 Å². The van der Waals surface area contributed by atoms with Crippen LogP contribution in [0.2, 0.25) is 0 Å². The van der Waals surface area contributed by atoms with Gasteiger partial charge in [-0.25, -0.2) is 0 Å². The summed E-state index contributed by atoms with van der Waals surface area (Å²) >= 11 is 1.82. The molecular weight excluding hydrogens is 352 g/mol. The summed E-state index contributed by atoms with van der Waals surface area (Å²) in [4.78, 5) is 0. The molecule has 0 fully saturated rings. The van der Waals surface area contributed by atoms with Crippen molar-refractivity contribution in [3.63, 3.8) is 0 Å². The maximum atomic E-state index is 10.9. The van der Waals surface area contributed by atoms with Gasteiger partial charge in [-0.15, -0.1) is 0 Å². The fraction of sp³-hybridized carbons (Fsp3) is 0.217. The molecule has 3 nitrogen and oxygen atoms in total. The number of hydrogen-bond donors (Lipinski definition) is 1. The van der Waals surface area contributed by atoms with E-state index >= 15 is 0 Å². The number of fused-ring (bicyclic) bond motifs is 4. The molecule has 1 aromatic heterocycles. The predicted molar refractivity (Wildman–Crippen MR) is 115 cm³/mol. The topological polar surface area (TPSA) is 28.4 Å². The maximum Gasteiger partial charge on any atom is 0.0904 e. The molecule has 0 radical (unpaired) electrons. The van der Waals surface area contributed by atoms with Gasteiger partial charge in [-0.2, -0.15) is 0 Å². The summed E-state index contributed by atoms with van der Waals surface area (Å²) in [6.07, 6.45) is 0.656. The maximum absolute atomic E-state index is 10.9. The number of nitrogens with zero attached hydrogens (tertiary/aromatic N) is 2. The molecule has 0 saturated heterocycles. The molecule has 1 unspecified atom stereocenters. The number of β-amino-alcohol motifs (C(OH)–C–C–N with tert-alkyl or cyclic N) is 1. The van der Waals surface area contributed by atoms with Crippen LogP contribution >= 0.6 is 11.9 Å². The van der Waals surface area contributed by atoms with Gasteiger partial charge in [0, 0.05) is 27.6 Å². The second kappa shape index (κ2) is 6.95. The highest BCUT2D eigenvalue weighted by Gasteiger charge is 2.21. The molecule has 4 heteroatoms. The van der Waals surface area contributed by atoms with Crippen molar-refractivity contribution < 1.29 is 5.11 Å². The highest BCUT2D eigenvalue weighted by molar-refractivity contribution is 8.00. The van der Waals surface area contributed by atoms with Crippen molar-refractivity contribution in [1.29, 1.82) is 0 Å². The molecule has 136 valence electrons. The zero-order valence-electron chi connectivity index (χ0n) is 15.1. The van der Waals surface area contributed by atoms with Crippen LogP contribution < -0.4 is 4.31 Å². The molecule has 2 heterocycles. The first kappa shape index (κ1) is 16.7. The Morgan fingerprint density at radius 1 is 0.815 bits per heavy atom. The van der Waals surface area contributed by atoms with Gasteiger partial charge in [0.25, 0.3) is 0 Å². The monoisotopic (exact) mass is 374 g/mol. The predicted octanol–water partition coefficient (Wildman–Crippen LogP) is 4.87. The van der Waals surface area contributed by atoms with Crippen LogP contribution in [0.25, 0.3) is 21.8 Å². The summed E-state index contributed by atoms with van der Waals surface area (Å²) in [7, 11) is 0. The average Bonchev–Trinajstić information content (AvgIpc) is 3.02. The second-order valence-electron chi connectivity index (χ2n) is 7.07. The molecule has 0 amide bonds. The Morgan fingerprint density at radius 2 is 1.44 bits per heavy atom. The minimum absolute atomic E-state index is 0.442. The van der Waals surface area contributed by atoms with Crippen LogP contribution in [0.5, 0.6) is 0 Å². The lowest BCUT2D eigenvalue weighted by Gasteiger charge is -2.31. The molecule has 1 aliphatic heterocycles. The van der Waals surface area contributed by atoms with Crippen molar-refractivity contribution in [3.8, 4) is 0 Å². The van der Waals surface area contributed by atoms with E-state index in [9.17, 15) is 5.11 Å². The summed E-state index contributed by atoms with van der Waals surface area (Å²) in [6.45, 7) is 1.22. The van der Waals surface area contributed by atoms with E-state index in [4.69, 9.17) is 0 Å². The molecule has 5 rings (SSSR count). The minimum atomic E-state index is -0.442. The lowest BCUT2D eigenvalue weighted by molar-refractivity contribution is 0.166. The number of rotatable bonds is 4. The Balaban J connectivity index is 1.46. The van der Waals surface area contributed by atoms with E-state index in [1.165, 1.54) is 33.1 Å². The van der Waals surface area contributed by atoms with Crippen molar-refractivity contribution in [1.82, 2.24) is 4.57 Å². The Hall–Kier alpha value is -2.43. The van der Waals surface area contributed by atoms with Crippen LogP contribution in [-0.4, -0.2) is 28.1 Å². The molecule has 1 atom stereocenters. The van der Waals surface area contributed by atoms with Crippen LogP contribution in [-0.2, 0) is 13.0 Å². The lowest BCUT2D eigenvalue weighted by Crippen LogP contribution is -2.33. The summed E-state index contributed by atoms with van der Waals surface area (Å²) < 4.78 is 4.52. The van der Waals surface area contributed by atoms with E-state index in [0.29, 0.717) is 13.1 Å². The molecule has 0 saturated carbocycles. The van der Waals surface area contributed by atoms with Crippen molar-refractivity contribution >= 4 is 39.4 Å². The number of anilines is 1. The van der Waals surface area contributed by atoms with E-state index in [1.807, 2.05) is 11.9 Å². The van der Waals surface area contributed by atoms with Gasteiger partial charge in [0.1, 0.15) is 0 Å². The number of benzene rings is 3. The van der Waals surface area contributed by atoms with Gasteiger partial charge in [-0.1, -0.05) is 54.6 Å². The summed E-state index contributed by atoms with van der Waals surface area (Å²) in [5, 5.41) is 13.4. The van der Waals surface area contributed by atoms with Gasteiger partial charge in [0.05, 0.1) is 24.9 Å². The molecular formula is C23H22N2OS. The number of aliphatic hydroxyl groups excluding tert-OH is 1. The smallest absolute Gasteiger partial charge is 0.0904 e. The minimum Gasteiger partial charge on any atom is -0.389 e. The molecule has 0 spiro atoms. The first-order chi connectivity index (χ1) is 13.3. The largest absolute Gasteiger partial charge is 0.389 e. The first-order valence-corrected chi connectivity index (χ1v) is 10.4. The van der Waals surface area contributed by atoms with Gasteiger partial charge in [0.2, 0.25) is 0 Å². The van der Waals surface area contributed by atoms with Crippen molar-refractivity contribution in [2.75, 3.05) is 16.6 Å². The zero-order chi connectivity index (χ0) is 18.2. The van der Waals surface area contributed by atoms with Gasteiger partial charge < -0.3 is 14.0 Å². The lowest BCUT2D eigenvalue weighted by atomic mass is 10.1. The SMILES string of the molecule is OC(CN1SCCc2ccccc21)Cn1c2ccccc2c2ccccc21. The normalized spacial score (nSPS) is 15.2. The van der Waals surface area contributed by atoms with Gasteiger partial charge in [-0.3, -0.25) is 0 Å². The van der Waals surface area contributed by atoms with Crippen molar-refractivity contribution in [2.24, 2.45) is 0 Å².